The van der Waals surface area contributed by atoms with Gasteiger partial charge in [-0.15, -0.1) is 0 Å². The molecule has 12 heteroatoms. The Morgan fingerprint density at radius 1 is 1.04 bits per heavy atom. The summed E-state index contributed by atoms with van der Waals surface area (Å²) < 4.78 is 14.3. The second kappa shape index (κ2) is 11.2. The predicted molar refractivity (Wildman–Crippen MR) is 170 cm³/mol. The zero-order chi connectivity index (χ0) is 31.1. The van der Waals surface area contributed by atoms with Crippen molar-refractivity contribution < 1.29 is 18.9 Å². The van der Waals surface area contributed by atoms with Crippen LogP contribution in [0.2, 0.25) is 0 Å². The molecule has 1 saturated carbocycles. The van der Waals surface area contributed by atoms with Gasteiger partial charge in [0, 0.05) is 18.9 Å². The molecule has 5 aromatic rings. The molecule has 0 spiro atoms. The molecular formula is C33H31N7O5. The van der Waals surface area contributed by atoms with E-state index in [0.29, 0.717) is 58.6 Å². The number of fused-ring (bicyclic) bond motifs is 2. The molecule has 3 aromatic carbocycles. The molecule has 3 heterocycles. The van der Waals surface area contributed by atoms with Gasteiger partial charge in [-0.05, 0) is 60.7 Å². The highest BCUT2D eigenvalue weighted by Crippen LogP contribution is 2.35. The first-order valence-electron chi connectivity index (χ1n) is 14.7. The summed E-state index contributed by atoms with van der Waals surface area (Å²) in [5.74, 6) is 1.67. The maximum absolute atomic E-state index is 14.1. The number of imidazole rings is 1. The van der Waals surface area contributed by atoms with E-state index in [1.807, 2.05) is 30.3 Å². The lowest BCUT2D eigenvalue weighted by atomic mass is 10.2. The summed E-state index contributed by atoms with van der Waals surface area (Å²) in [4.78, 5) is 37.6. The first-order chi connectivity index (χ1) is 21.8. The van der Waals surface area contributed by atoms with Gasteiger partial charge in [-0.3, -0.25) is 9.36 Å². The van der Waals surface area contributed by atoms with E-state index in [-0.39, 0.29) is 29.0 Å². The van der Waals surface area contributed by atoms with Crippen LogP contribution in [0.1, 0.15) is 12.8 Å². The number of hydrogen-bond acceptors (Lipinski definition) is 8. The minimum Gasteiger partial charge on any atom is -0.633 e. The van der Waals surface area contributed by atoms with Crippen molar-refractivity contribution in [2.75, 3.05) is 37.4 Å². The lowest BCUT2D eigenvalue weighted by Gasteiger charge is -2.38. The van der Waals surface area contributed by atoms with E-state index in [2.05, 4.69) is 9.97 Å². The van der Waals surface area contributed by atoms with E-state index in [9.17, 15) is 14.8 Å². The summed E-state index contributed by atoms with van der Waals surface area (Å²) in [6.07, 6.45) is 6.22. The van der Waals surface area contributed by atoms with Gasteiger partial charge in [-0.1, -0.05) is 18.2 Å². The minimum atomic E-state index is -0.420. The zero-order valence-corrected chi connectivity index (χ0v) is 24.6. The van der Waals surface area contributed by atoms with Gasteiger partial charge in [0.25, 0.3) is 5.91 Å². The highest BCUT2D eigenvalue weighted by Gasteiger charge is 2.34. The van der Waals surface area contributed by atoms with Crippen molar-refractivity contribution >= 4 is 28.6 Å². The molecule has 2 aromatic heterocycles. The van der Waals surface area contributed by atoms with Crippen LogP contribution < -0.4 is 25.8 Å². The number of likely N-dealkylation sites (N-methyl/N-ethyl adjacent to an activating group) is 1. The molecule has 0 radical (unpaired) electrons. The smallest absolute Gasteiger partial charge is 0.339 e. The Kier molecular flexibility index (Phi) is 7.07. The van der Waals surface area contributed by atoms with Gasteiger partial charge in [-0.25, -0.2) is 19.3 Å². The number of nitrogens with zero attached hydrogens (tertiary/aromatic N) is 6. The van der Waals surface area contributed by atoms with Gasteiger partial charge in [0.05, 0.1) is 43.2 Å². The van der Waals surface area contributed by atoms with Crippen LogP contribution in [0, 0.1) is 5.21 Å². The second-order valence-corrected chi connectivity index (χ2v) is 11.3. The third-order valence-electron chi connectivity index (χ3n) is 8.10. The Balaban J connectivity index is 1.24. The number of amides is 1. The molecule has 0 saturated heterocycles. The highest BCUT2D eigenvalue weighted by atomic mass is 16.5. The van der Waals surface area contributed by atoms with Gasteiger partial charge in [0.15, 0.2) is 11.5 Å². The molecule has 45 heavy (non-hydrogen) atoms. The van der Waals surface area contributed by atoms with Crippen LogP contribution in [0.15, 0.2) is 96.1 Å². The summed E-state index contributed by atoms with van der Waals surface area (Å²) in [6, 6.07) is 21.7. The summed E-state index contributed by atoms with van der Waals surface area (Å²) in [7, 11) is 1.64. The Labute approximate surface area is 258 Å². The van der Waals surface area contributed by atoms with Crippen LogP contribution in [0.3, 0.4) is 0 Å². The number of carbonyl (C=O) groups excluding carboxylic acids is 1. The van der Waals surface area contributed by atoms with Crippen LogP contribution in [0.5, 0.6) is 17.2 Å². The van der Waals surface area contributed by atoms with E-state index >= 15 is 0 Å². The Hall–Kier alpha value is -5.46. The first kappa shape index (κ1) is 28.3. The topological polar surface area (TPSA) is 141 Å². The van der Waals surface area contributed by atoms with Gasteiger partial charge < -0.3 is 30.0 Å². The summed E-state index contributed by atoms with van der Waals surface area (Å²) >= 11 is 0. The molecule has 1 amide bonds. The van der Waals surface area contributed by atoms with E-state index in [1.54, 1.807) is 60.5 Å². The number of quaternary nitrogens is 1. The molecule has 1 fully saturated rings. The number of para-hydroxylation sites is 1. The number of ether oxygens (including phenoxy) is 2. The first-order valence-corrected chi connectivity index (χ1v) is 14.7. The SMILES string of the molecule is C[N+]([O-])(C/C=C/C(=O)N1CCOc2ccc(-n3c(=O)n(-c4ccc(Oc5ccccc5)cc4)c4c(N)ncnc43)cc21)C1CC1. The quantitative estimate of drug-likeness (QED) is 0.157. The number of aromatic nitrogens is 4. The molecule has 1 aliphatic carbocycles. The van der Waals surface area contributed by atoms with Crippen LogP contribution >= 0.6 is 0 Å². The van der Waals surface area contributed by atoms with Crippen molar-refractivity contribution in [1.82, 2.24) is 19.1 Å². The number of hydrogen-bond donors (Lipinski definition) is 1. The zero-order valence-electron chi connectivity index (χ0n) is 24.6. The fourth-order valence-electron chi connectivity index (χ4n) is 5.60. The molecule has 2 N–H and O–H groups in total. The van der Waals surface area contributed by atoms with Crippen LogP contribution in [0.4, 0.5) is 11.5 Å². The van der Waals surface area contributed by atoms with Gasteiger partial charge in [0.1, 0.15) is 35.7 Å². The Bertz CT molecular complexity index is 1980. The Morgan fingerprint density at radius 2 is 1.78 bits per heavy atom. The molecule has 228 valence electrons. The molecule has 1 atom stereocenters. The third-order valence-corrected chi connectivity index (χ3v) is 8.10. The number of carbonyl (C=O) groups is 1. The molecular weight excluding hydrogens is 574 g/mol. The monoisotopic (exact) mass is 605 g/mol. The number of rotatable bonds is 8. The maximum Gasteiger partial charge on any atom is 0.339 e. The average molecular weight is 606 g/mol. The largest absolute Gasteiger partial charge is 0.633 e. The lowest BCUT2D eigenvalue weighted by Crippen LogP contribution is -2.40. The van der Waals surface area contributed by atoms with Crippen molar-refractivity contribution in [2.45, 2.75) is 18.9 Å². The number of nitrogens with two attached hydrogens (primary N) is 1. The lowest BCUT2D eigenvalue weighted by molar-refractivity contribution is -0.865. The van der Waals surface area contributed by atoms with Gasteiger partial charge >= 0.3 is 5.69 Å². The van der Waals surface area contributed by atoms with Crippen LogP contribution in [-0.2, 0) is 4.79 Å². The third kappa shape index (κ3) is 5.41. The van der Waals surface area contributed by atoms with Crippen LogP contribution in [-0.4, -0.2) is 62.4 Å². The van der Waals surface area contributed by atoms with Crippen molar-refractivity contribution in [3.8, 4) is 28.6 Å². The highest BCUT2D eigenvalue weighted by molar-refractivity contribution is 6.03. The normalized spacial score (nSPS) is 15.9. The number of nitrogen functional groups attached to an aromatic ring is 1. The maximum atomic E-state index is 14.1. The van der Waals surface area contributed by atoms with Gasteiger partial charge in [0.2, 0.25) is 0 Å². The molecule has 1 aliphatic heterocycles. The predicted octanol–water partition coefficient (Wildman–Crippen LogP) is 4.33. The van der Waals surface area contributed by atoms with Crippen molar-refractivity contribution in [3.63, 3.8) is 0 Å². The van der Waals surface area contributed by atoms with E-state index < -0.39 is 5.69 Å². The number of anilines is 2. The average Bonchev–Trinajstić information content (AvgIpc) is 3.86. The van der Waals surface area contributed by atoms with Crippen molar-refractivity contribution in [1.29, 1.82) is 0 Å². The number of benzene rings is 3. The summed E-state index contributed by atoms with van der Waals surface area (Å²) in [5.41, 5.74) is 8.06. The van der Waals surface area contributed by atoms with E-state index in [4.69, 9.17) is 15.2 Å². The van der Waals surface area contributed by atoms with Crippen LogP contribution in [0.25, 0.3) is 22.5 Å². The molecule has 12 nitrogen and oxygen atoms in total. The fraction of sp³-hybridized carbons (Fsp3) is 0.212. The molecule has 0 bridgehead atoms. The molecule has 7 rings (SSSR count). The molecule has 1 unspecified atom stereocenters. The van der Waals surface area contributed by atoms with Crippen molar-refractivity contribution in [2.24, 2.45) is 0 Å². The molecule has 2 aliphatic rings. The van der Waals surface area contributed by atoms with E-state index in [0.717, 1.165) is 12.8 Å². The second-order valence-electron chi connectivity index (χ2n) is 11.3. The minimum absolute atomic E-state index is 0.107. The fourth-order valence-corrected chi connectivity index (χ4v) is 5.60. The van der Waals surface area contributed by atoms with E-state index in [1.165, 1.54) is 21.5 Å². The van der Waals surface area contributed by atoms with Gasteiger partial charge in [-0.2, -0.15) is 0 Å². The summed E-state index contributed by atoms with van der Waals surface area (Å²) in [6.45, 7) is 0.855. The van der Waals surface area contributed by atoms with Crippen molar-refractivity contribution in [3.05, 3.63) is 107 Å². The standard InChI is InChI=1S/C33H31N7O5/c1-40(43,24-12-13-24)18-5-8-29(41)37-17-19-44-28-16-11-23(20-27(28)37)39-32-30(31(34)35-21-36-32)38(33(39)42)22-9-14-26(15-10-22)45-25-6-3-2-4-7-25/h2-11,14-16,20-21,24H,12-13,17-19H2,1H3,(H2,34,35,36)/b8-5+. The summed E-state index contributed by atoms with van der Waals surface area (Å²) in [5, 5.41) is 12.7. The Morgan fingerprint density at radius 3 is 2.53 bits per heavy atom. The number of hydroxylamine groups is 3.